The van der Waals surface area contributed by atoms with E-state index in [9.17, 15) is 9.59 Å². The fraction of sp³-hybridized carbons (Fsp3) is 0.458. The van der Waals surface area contributed by atoms with Crippen LogP contribution in [-0.4, -0.2) is 40.8 Å². The number of amides is 1. The first-order valence-electron chi connectivity index (χ1n) is 10.9. The molecule has 1 aliphatic carbocycles. The molecule has 1 saturated heterocycles. The molecule has 1 aliphatic heterocycles. The van der Waals surface area contributed by atoms with Crippen molar-refractivity contribution < 1.29 is 14.3 Å². The second-order valence-corrected chi connectivity index (χ2v) is 9.89. The van der Waals surface area contributed by atoms with Crippen LogP contribution in [-0.2, 0) is 9.59 Å². The third-order valence-electron chi connectivity index (χ3n) is 6.55. The molecule has 2 fully saturated rings. The molecular formula is C24H25Cl3N2O3. The van der Waals surface area contributed by atoms with Crippen molar-refractivity contribution in [2.45, 2.75) is 44.6 Å². The Morgan fingerprint density at radius 1 is 1.09 bits per heavy atom. The maximum atomic E-state index is 13.3. The standard InChI is InChI=1S/C24H25Cl3N2O3/c1-14(32-23-9-5-17(25)11-28-23)19-12-29(24(31)15-2-6-18(30)7-3-15)13-20(19)16-4-8-21(26)22(27)10-16/h4-5,8-11,14-15,19-20H,2-3,6-7,12-13H2,1H3/t14-,19-,20-/m1/s1. The van der Waals surface area contributed by atoms with E-state index in [4.69, 9.17) is 39.5 Å². The van der Waals surface area contributed by atoms with Gasteiger partial charge in [-0.1, -0.05) is 40.9 Å². The summed E-state index contributed by atoms with van der Waals surface area (Å²) in [5.74, 6) is 0.863. The lowest BCUT2D eigenvalue weighted by Gasteiger charge is -2.26. The Morgan fingerprint density at radius 3 is 2.50 bits per heavy atom. The van der Waals surface area contributed by atoms with Gasteiger partial charge in [0.2, 0.25) is 11.8 Å². The fourth-order valence-electron chi connectivity index (χ4n) is 4.73. The zero-order valence-electron chi connectivity index (χ0n) is 17.8. The Balaban J connectivity index is 1.55. The molecule has 1 saturated carbocycles. The lowest BCUT2D eigenvalue weighted by molar-refractivity contribution is -0.136. The predicted molar refractivity (Wildman–Crippen MR) is 126 cm³/mol. The lowest BCUT2D eigenvalue weighted by atomic mass is 9.86. The molecule has 1 amide bonds. The monoisotopic (exact) mass is 494 g/mol. The van der Waals surface area contributed by atoms with Gasteiger partial charge in [-0.3, -0.25) is 9.59 Å². The number of Topliss-reactive ketones (excluding diaryl/α,β-unsaturated/α-hetero) is 1. The molecule has 2 heterocycles. The highest BCUT2D eigenvalue weighted by atomic mass is 35.5. The summed E-state index contributed by atoms with van der Waals surface area (Å²) in [5.41, 5.74) is 1.03. The van der Waals surface area contributed by atoms with Gasteiger partial charge in [-0.2, -0.15) is 0 Å². The summed E-state index contributed by atoms with van der Waals surface area (Å²) >= 11 is 18.4. The maximum Gasteiger partial charge on any atom is 0.225 e. The summed E-state index contributed by atoms with van der Waals surface area (Å²) in [7, 11) is 0. The number of rotatable bonds is 5. The third kappa shape index (κ3) is 5.22. The van der Waals surface area contributed by atoms with Crippen molar-refractivity contribution in [2.75, 3.05) is 13.1 Å². The minimum atomic E-state index is -0.200. The van der Waals surface area contributed by atoms with E-state index >= 15 is 0 Å². The van der Waals surface area contributed by atoms with Crippen LogP contribution in [0, 0.1) is 11.8 Å². The number of likely N-dealkylation sites (tertiary alicyclic amines) is 1. The first kappa shape index (κ1) is 23.3. The molecule has 2 aliphatic rings. The van der Waals surface area contributed by atoms with Gasteiger partial charge >= 0.3 is 0 Å². The average Bonchev–Trinajstić information content (AvgIpc) is 3.23. The summed E-state index contributed by atoms with van der Waals surface area (Å²) in [6.45, 7) is 3.15. The van der Waals surface area contributed by atoms with E-state index in [1.54, 1.807) is 24.4 Å². The van der Waals surface area contributed by atoms with Crippen molar-refractivity contribution in [3.8, 4) is 5.88 Å². The quantitative estimate of drug-likeness (QED) is 0.525. The molecule has 1 aromatic carbocycles. The molecule has 0 bridgehead atoms. The highest BCUT2D eigenvalue weighted by Crippen LogP contribution is 2.39. The van der Waals surface area contributed by atoms with Crippen molar-refractivity contribution in [1.29, 1.82) is 0 Å². The minimum Gasteiger partial charge on any atom is -0.474 e. The Bertz CT molecular complexity index is 988. The predicted octanol–water partition coefficient (Wildman–Crippen LogP) is 5.81. The number of hydrogen-bond acceptors (Lipinski definition) is 4. The molecule has 170 valence electrons. The molecule has 0 radical (unpaired) electrons. The summed E-state index contributed by atoms with van der Waals surface area (Å²) < 4.78 is 6.14. The summed E-state index contributed by atoms with van der Waals surface area (Å²) in [4.78, 5) is 31.0. The second-order valence-electron chi connectivity index (χ2n) is 8.64. The van der Waals surface area contributed by atoms with Crippen LogP contribution in [0.25, 0.3) is 0 Å². The number of aromatic nitrogens is 1. The van der Waals surface area contributed by atoms with Gasteiger partial charge in [0, 0.05) is 55.9 Å². The largest absolute Gasteiger partial charge is 0.474 e. The highest BCUT2D eigenvalue weighted by Gasteiger charge is 2.42. The maximum absolute atomic E-state index is 13.3. The summed E-state index contributed by atoms with van der Waals surface area (Å²) in [6, 6.07) is 9.11. The number of carbonyl (C=O) groups is 2. The minimum absolute atomic E-state index is 0.0406. The van der Waals surface area contributed by atoms with Crippen LogP contribution in [0.4, 0.5) is 0 Å². The molecule has 0 spiro atoms. The smallest absolute Gasteiger partial charge is 0.225 e. The molecule has 1 aromatic heterocycles. The van der Waals surface area contributed by atoms with Crippen molar-refractivity contribution in [3.05, 3.63) is 57.2 Å². The van der Waals surface area contributed by atoms with Gasteiger partial charge in [-0.15, -0.1) is 0 Å². The Morgan fingerprint density at radius 2 is 1.84 bits per heavy atom. The number of ether oxygens (including phenoxy) is 1. The third-order valence-corrected chi connectivity index (χ3v) is 7.51. The molecular weight excluding hydrogens is 471 g/mol. The highest BCUT2D eigenvalue weighted by molar-refractivity contribution is 6.42. The molecule has 5 nitrogen and oxygen atoms in total. The number of carbonyl (C=O) groups excluding carboxylic acids is 2. The van der Waals surface area contributed by atoms with Crippen LogP contribution in [0.3, 0.4) is 0 Å². The van der Waals surface area contributed by atoms with E-state index in [2.05, 4.69) is 4.98 Å². The van der Waals surface area contributed by atoms with Gasteiger partial charge in [-0.05, 0) is 43.5 Å². The van der Waals surface area contributed by atoms with Gasteiger partial charge < -0.3 is 9.64 Å². The molecule has 3 atom stereocenters. The SMILES string of the molecule is C[C@@H](Oc1ccc(Cl)cn1)[C@H]1CN(C(=O)C2CCC(=O)CC2)C[C@@H]1c1ccc(Cl)c(Cl)c1. The first-order chi connectivity index (χ1) is 15.3. The van der Waals surface area contributed by atoms with Gasteiger partial charge in [0.25, 0.3) is 0 Å². The van der Waals surface area contributed by atoms with E-state index in [1.165, 1.54) is 0 Å². The van der Waals surface area contributed by atoms with Gasteiger partial charge in [0.15, 0.2) is 0 Å². The Labute approximate surface area is 203 Å². The number of ketones is 1. The van der Waals surface area contributed by atoms with E-state index in [-0.39, 0.29) is 35.5 Å². The van der Waals surface area contributed by atoms with E-state index in [0.717, 1.165) is 5.56 Å². The normalized spacial score (nSPS) is 22.8. The zero-order valence-corrected chi connectivity index (χ0v) is 20.0. The van der Waals surface area contributed by atoms with Crippen molar-refractivity contribution in [3.63, 3.8) is 0 Å². The number of halogens is 3. The molecule has 0 unspecified atom stereocenters. The number of nitrogens with zero attached hydrogens (tertiary/aromatic N) is 2. The van der Waals surface area contributed by atoms with Crippen molar-refractivity contribution >= 4 is 46.5 Å². The van der Waals surface area contributed by atoms with Gasteiger partial charge in [0.1, 0.15) is 11.9 Å². The molecule has 2 aromatic rings. The average molecular weight is 496 g/mol. The van der Waals surface area contributed by atoms with Crippen LogP contribution < -0.4 is 4.74 Å². The summed E-state index contributed by atoms with van der Waals surface area (Å²) in [6.07, 6.45) is 3.61. The topological polar surface area (TPSA) is 59.5 Å². The van der Waals surface area contributed by atoms with E-state index < -0.39 is 0 Å². The fourth-order valence-corrected chi connectivity index (χ4v) is 5.15. The summed E-state index contributed by atoms with van der Waals surface area (Å²) in [5, 5.41) is 1.54. The van der Waals surface area contributed by atoms with Crippen LogP contribution in [0.5, 0.6) is 5.88 Å². The Kier molecular flexibility index (Phi) is 7.28. The second kappa shape index (κ2) is 9.98. The molecule has 0 N–H and O–H groups in total. The van der Waals surface area contributed by atoms with Crippen molar-refractivity contribution in [1.82, 2.24) is 9.88 Å². The van der Waals surface area contributed by atoms with Gasteiger partial charge in [-0.25, -0.2) is 4.98 Å². The number of hydrogen-bond donors (Lipinski definition) is 0. The first-order valence-corrected chi connectivity index (χ1v) is 12.0. The van der Waals surface area contributed by atoms with E-state index in [0.29, 0.717) is 59.7 Å². The van der Waals surface area contributed by atoms with Crippen LogP contribution in [0.1, 0.15) is 44.1 Å². The molecule has 4 rings (SSSR count). The van der Waals surface area contributed by atoms with Crippen LogP contribution in [0.15, 0.2) is 36.5 Å². The van der Waals surface area contributed by atoms with Crippen LogP contribution in [0.2, 0.25) is 15.1 Å². The van der Waals surface area contributed by atoms with E-state index in [1.807, 2.05) is 24.0 Å². The Hall–Kier alpha value is -1.82. The lowest BCUT2D eigenvalue weighted by Crippen LogP contribution is -2.37. The zero-order chi connectivity index (χ0) is 22.8. The van der Waals surface area contributed by atoms with Gasteiger partial charge in [0.05, 0.1) is 15.1 Å². The van der Waals surface area contributed by atoms with Crippen LogP contribution >= 0.6 is 34.8 Å². The number of benzene rings is 1. The van der Waals surface area contributed by atoms with Crippen molar-refractivity contribution in [2.24, 2.45) is 11.8 Å². The molecule has 32 heavy (non-hydrogen) atoms. The number of pyridine rings is 1. The molecule has 8 heteroatoms.